The molecule has 2 aromatic carbocycles. The molecule has 1 atom stereocenters. The van der Waals surface area contributed by atoms with E-state index in [4.69, 9.17) is 27.5 Å². The highest BCUT2D eigenvalue weighted by Crippen LogP contribution is 2.24. The van der Waals surface area contributed by atoms with Crippen molar-refractivity contribution < 1.29 is 14.3 Å². The monoisotopic (exact) mass is 418 g/mol. The molecule has 0 radical (unpaired) electrons. The summed E-state index contributed by atoms with van der Waals surface area (Å²) in [6, 6.07) is 12.1. The Morgan fingerprint density at radius 3 is 2.71 bits per heavy atom. The van der Waals surface area contributed by atoms with Crippen LogP contribution in [0.1, 0.15) is 15.9 Å². The van der Waals surface area contributed by atoms with Crippen LogP contribution in [0.3, 0.4) is 0 Å². The maximum atomic E-state index is 12.3. The Hall–Kier alpha value is -2.71. The number of thiol groups is 1. The van der Waals surface area contributed by atoms with E-state index >= 15 is 0 Å². The Balaban J connectivity index is 1.59. The minimum atomic E-state index is -0.476. The molecule has 1 aliphatic rings. The lowest BCUT2D eigenvalue weighted by Crippen LogP contribution is -2.34. The second-order valence-electron chi connectivity index (χ2n) is 6.33. The molecule has 4 N–H and O–H groups in total. The highest BCUT2D eigenvalue weighted by molar-refractivity contribution is 7.80. The van der Waals surface area contributed by atoms with Gasteiger partial charge < -0.3 is 15.8 Å². The number of ether oxygens (including phenoxy) is 1. The Bertz CT molecular complexity index is 920. The van der Waals surface area contributed by atoms with E-state index in [1.54, 1.807) is 30.3 Å². The van der Waals surface area contributed by atoms with Crippen LogP contribution in [-0.2, 0) is 11.2 Å². The number of cyclic esters (lactones) is 1. The molecule has 2 aromatic rings. The first-order valence-corrected chi connectivity index (χ1v) is 9.33. The first-order valence-electron chi connectivity index (χ1n) is 8.51. The number of nitrogens with one attached hydrogen (secondary N) is 2. The second kappa shape index (κ2) is 8.53. The quantitative estimate of drug-likeness (QED) is 0.328. The Morgan fingerprint density at radius 2 is 2.04 bits per heavy atom. The Morgan fingerprint density at radius 1 is 1.32 bits per heavy atom. The molecule has 0 bridgehead atoms. The van der Waals surface area contributed by atoms with E-state index in [0.717, 1.165) is 5.56 Å². The number of hydrogen-bond donors (Lipinski definition) is 4. The van der Waals surface area contributed by atoms with Gasteiger partial charge in [-0.1, -0.05) is 29.8 Å². The molecule has 146 valence electrons. The van der Waals surface area contributed by atoms with Crippen molar-refractivity contribution in [2.24, 2.45) is 5.73 Å². The zero-order valence-electron chi connectivity index (χ0n) is 14.8. The molecule has 1 heterocycles. The number of carbonyl (C=O) groups excluding carboxylic acids is 2. The zero-order chi connectivity index (χ0) is 20.3. The number of nitrogens with two attached hydrogens (primary N) is 1. The third-order valence-electron chi connectivity index (χ3n) is 4.24. The highest BCUT2D eigenvalue weighted by Gasteiger charge is 2.32. The van der Waals surface area contributed by atoms with E-state index in [1.165, 1.54) is 4.90 Å². The number of halogens is 1. The summed E-state index contributed by atoms with van der Waals surface area (Å²) in [6.45, 7) is 0.484. The van der Waals surface area contributed by atoms with Crippen molar-refractivity contribution in [3.8, 4) is 0 Å². The zero-order valence-corrected chi connectivity index (χ0v) is 16.5. The van der Waals surface area contributed by atoms with Gasteiger partial charge in [-0.25, -0.2) is 4.79 Å². The van der Waals surface area contributed by atoms with Crippen LogP contribution >= 0.6 is 24.2 Å². The summed E-state index contributed by atoms with van der Waals surface area (Å²) in [5.41, 5.74) is 7.32. The molecule has 1 saturated heterocycles. The standard InChI is InChI=1S/C19H19ClN4O3S/c20-15-3-1-2-14(17(15)28)18(25)23-9-13-10-24(19(26)27-13)12-6-4-11(5-7-12)8-16(21)22/h1-7,13,28H,8-10H2,(H3,21,22)(H,23,25). The average Bonchev–Trinajstić information content (AvgIpc) is 3.03. The maximum absolute atomic E-state index is 12.3. The number of anilines is 1. The van der Waals surface area contributed by atoms with Crippen LogP contribution in [0.5, 0.6) is 0 Å². The molecule has 0 spiro atoms. The van der Waals surface area contributed by atoms with Gasteiger partial charge in [-0.2, -0.15) is 0 Å². The van der Waals surface area contributed by atoms with Gasteiger partial charge in [0.1, 0.15) is 6.10 Å². The van der Waals surface area contributed by atoms with Crippen LogP contribution in [0.15, 0.2) is 47.4 Å². The first kappa shape index (κ1) is 20.0. The fourth-order valence-electron chi connectivity index (χ4n) is 2.85. The average molecular weight is 419 g/mol. The fraction of sp³-hybridized carbons (Fsp3) is 0.211. The lowest BCUT2D eigenvalue weighted by Gasteiger charge is -2.14. The predicted molar refractivity (Wildman–Crippen MR) is 111 cm³/mol. The number of carbonyl (C=O) groups is 2. The van der Waals surface area contributed by atoms with E-state index in [0.29, 0.717) is 34.1 Å². The van der Waals surface area contributed by atoms with Crippen LogP contribution in [-0.4, -0.2) is 37.0 Å². The molecule has 1 fully saturated rings. The summed E-state index contributed by atoms with van der Waals surface area (Å²) in [5.74, 6) is -0.260. The third kappa shape index (κ3) is 4.58. The van der Waals surface area contributed by atoms with Gasteiger partial charge in [0.15, 0.2) is 0 Å². The topological polar surface area (TPSA) is 109 Å². The lowest BCUT2D eigenvalue weighted by molar-refractivity contribution is 0.0913. The van der Waals surface area contributed by atoms with Gasteiger partial charge in [0.05, 0.1) is 29.5 Å². The van der Waals surface area contributed by atoms with Crippen LogP contribution in [0.2, 0.25) is 5.02 Å². The summed E-state index contributed by atoms with van der Waals surface area (Å²) >= 11 is 10.2. The van der Waals surface area contributed by atoms with Crippen molar-refractivity contribution in [2.45, 2.75) is 17.4 Å². The normalized spacial score (nSPS) is 16.0. The number of benzene rings is 2. The largest absolute Gasteiger partial charge is 0.442 e. The van der Waals surface area contributed by atoms with Crippen molar-refractivity contribution in [1.29, 1.82) is 5.41 Å². The van der Waals surface area contributed by atoms with Gasteiger partial charge in [0, 0.05) is 17.0 Å². The van der Waals surface area contributed by atoms with E-state index in [-0.39, 0.29) is 18.3 Å². The summed E-state index contributed by atoms with van der Waals surface area (Å²) in [4.78, 5) is 26.4. The summed E-state index contributed by atoms with van der Waals surface area (Å²) < 4.78 is 5.34. The minimum Gasteiger partial charge on any atom is -0.442 e. The van der Waals surface area contributed by atoms with Crippen molar-refractivity contribution >= 4 is 47.8 Å². The van der Waals surface area contributed by atoms with E-state index in [2.05, 4.69) is 17.9 Å². The minimum absolute atomic E-state index is 0.0770. The molecule has 0 aliphatic carbocycles. The van der Waals surface area contributed by atoms with Crippen LogP contribution in [0.25, 0.3) is 0 Å². The molecule has 0 saturated carbocycles. The van der Waals surface area contributed by atoms with Crippen molar-refractivity contribution in [1.82, 2.24) is 5.32 Å². The van der Waals surface area contributed by atoms with Gasteiger partial charge in [-0.15, -0.1) is 12.6 Å². The lowest BCUT2D eigenvalue weighted by atomic mass is 10.1. The number of rotatable bonds is 6. The number of hydrogen-bond acceptors (Lipinski definition) is 5. The van der Waals surface area contributed by atoms with Gasteiger partial charge >= 0.3 is 6.09 Å². The molecule has 9 heteroatoms. The summed E-state index contributed by atoms with van der Waals surface area (Å²) in [7, 11) is 0. The molecule has 7 nitrogen and oxygen atoms in total. The van der Waals surface area contributed by atoms with Gasteiger partial charge in [0.2, 0.25) is 0 Å². The molecular formula is C19H19ClN4O3S. The Kier molecular flexibility index (Phi) is 6.11. The van der Waals surface area contributed by atoms with Gasteiger partial charge in [-0.05, 0) is 29.8 Å². The fourth-order valence-corrected chi connectivity index (χ4v) is 3.28. The number of amides is 2. The predicted octanol–water partition coefficient (Wildman–Crippen LogP) is 2.86. The van der Waals surface area contributed by atoms with Crippen molar-refractivity contribution in [3.05, 3.63) is 58.6 Å². The molecule has 1 unspecified atom stereocenters. The SMILES string of the molecule is N=C(N)Cc1ccc(N2CC(CNC(=O)c3cccc(Cl)c3S)OC2=O)cc1. The molecular weight excluding hydrogens is 400 g/mol. The molecule has 2 amide bonds. The summed E-state index contributed by atoms with van der Waals surface area (Å²) in [5, 5.41) is 10.5. The first-order chi connectivity index (χ1) is 13.3. The molecule has 3 rings (SSSR count). The third-order valence-corrected chi connectivity index (χ3v) is 5.17. The maximum Gasteiger partial charge on any atom is 0.414 e. The van der Waals surface area contributed by atoms with Crippen LogP contribution in [0, 0.1) is 5.41 Å². The molecule has 28 heavy (non-hydrogen) atoms. The van der Waals surface area contributed by atoms with Crippen molar-refractivity contribution in [2.75, 3.05) is 18.0 Å². The smallest absolute Gasteiger partial charge is 0.414 e. The molecule has 1 aliphatic heterocycles. The Labute approximate surface area is 172 Å². The van der Waals surface area contributed by atoms with Gasteiger partial charge in [0.25, 0.3) is 5.91 Å². The van der Waals surface area contributed by atoms with Crippen molar-refractivity contribution in [3.63, 3.8) is 0 Å². The van der Waals surface area contributed by atoms with Crippen LogP contribution in [0.4, 0.5) is 10.5 Å². The van der Waals surface area contributed by atoms with E-state index in [9.17, 15) is 9.59 Å². The van der Waals surface area contributed by atoms with E-state index < -0.39 is 12.2 Å². The highest BCUT2D eigenvalue weighted by atomic mass is 35.5. The number of amidine groups is 1. The number of nitrogens with zero attached hydrogens (tertiary/aromatic N) is 1. The van der Waals surface area contributed by atoms with E-state index in [1.807, 2.05) is 12.1 Å². The summed E-state index contributed by atoms with van der Waals surface area (Å²) in [6.07, 6.45) is -0.595. The van der Waals surface area contributed by atoms with Crippen LogP contribution < -0.4 is 16.0 Å². The molecule has 0 aromatic heterocycles. The second-order valence-corrected chi connectivity index (χ2v) is 7.19. The van der Waals surface area contributed by atoms with Gasteiger partial charge in [-0.3, -0.25) is 15.1 Å².